The van der Waals surface area contributed by atoms with Gasteiger partial charge < -0.3 is 9.80 Å². The Morgan fingerprint density at radius 1 is 1.30 bits per heavy atom. The monoisotopic (exact) mass is 294 g/mol. The summed E-state index contributed by atoms with van der Waals surface area (Å²) < 4.78 is 0. The molecular weight excluding hydrogens is 276 g/mol. The van der Waals surface area contributed by atoms with Gasteiger partial charge in [-0.15, -0.1) is 0 Å². The standard InChI is InChI=1S/C14H19ClN4O/c1-9-13(20)18(2)11-8-16-14(15)17-12(11)19(9)10-6-4-3-5-7-10/h8-10H,3-7H2,1-2H3/t9-/m1/s1. The second-order valence-corrected chi connectivity index (χ2v) is 5.96. The van der Waals surface area contributed by atoms with E-state index in [2.05, 4.69) is 14.9 Å². The van der Waals surface area contributed by atoms with Gasteiger partial charge in [0, 0.05) is 13.1 Å². The third-order valence-corrected chi connectivity index (χ3v) is 4.58. The van der Waals surface area contributed by atoms with Crippen molar-refractivity contribution in [3.05, 3.63) is 11.5 Å². The van der Waals surface area contributed by atoms with Crippen LogP contribution in [0.3, 0.4) is 0 Å². The number of amides is 1. The first-order valence-electron chi connectivity index (χ1n) is 7.18. The van der Waals surface area contributed by atoms with Crippen molar-refractivity contribution in [1.29, 1.82) is 0 Å². The number of halogens is 1. The molecule has 0 unspecified atom stereocenters. The fourth-order valence-corrected chi connectivity index (χ4v) is 3.45. The maximum Gasteiger partial charge on any atom is 0.249 e. The molecule has 0 radical (unpaired) electrons. The normalized spacial score (nSPS) is 23.9. The lowest BCUT2D eigenvalue weighted by atomic mass is 9.92. The molecule has 1 aliphatic carbocycles. The van der Waals surface area contributed by atoms with E-state index >= 15 is 0 Å². The molecule has 2 aliphatic rings. The smallest absolute Gasteiger partial charge is 0.249 e. The lowest BCUT2D eigenvalue weighted by molar-refractivity contribution is -0.119. The molecule has 0 bridgehead atoms. The molecule has 5 nitrogen and oxygen atoms in total. The van der Waals surface area contributed by atoms with Crippen LogP contribution in [0, 0.1) is 0 Å². The number of aromatic nitrogens is 2. The summed E-state index contributed by atoms with van der Waals surface area (Å²) in [6, 6.07) is 0.183. The zero-order valence-electron chi connectivity index (χ0n) is 11.8. The van der Waals surface area contributed by atoms with Crippen molar-refractivity contribution in [3.63, 3.8) is 0 Å². The fourth-order valence-electron chi connectivity index (χ4n) is 3.32. The van der Waals surface area contributed by atoms with Gasteiger partial charge in [0.05, 0.1) is 6.20 Å². The van der Waals surface area contributed by atoms with Crippen LogP contribution < -0.4 is 9.80 Å². The lowest BCUT2D eigenvalue weighted by Crippen LogP contribution is -2.55. The Morgan fingerprint density at radius 2 is 2.00 bits per heavy atom. The van der Waals surface area contributed by atoms with Crippen LogP contribution in [0.2, 0.25) is 5.28 Å². The second kappa shape index (κ2) is 5.20. The Kier molecular flexibility index (Phi) is 3.54. The number of carbonyl (C=O) groups excluding carboxylic acids is 1. The zero-order chi connectivity index (χ0) is 14.3. The molecule has 1 saturated carbocycles. The maximum atomic E-state index is 12.4. The van der Waals surface area contributed by atoms with E-state index in [9.17, 15) is 4.79 Å². The van der Waals surface area contributed by atoms with Crippen LogP contribution >= 0.6 is 11.6 Å². The van der Waals surface area contributed by atoms with Gasteiger partial charge in [-0.05, 0) is 31.4 Å². The molecule has 108 valence electrons. The average molecular weight is 295 g/mol. The van der Waals surface area contributed by atoms with Crippen LogP contribution in [0.25, 0.3) is 0 Å². The van der Waals surface area contributed by atoms with Gasteiger partial charge in [0.15, 0.2) is 5.82 Å². The summed E-state index contributed by atoms with van der Waals surface area (Å²) in [4.78, 5) is 24.6. The SMILES string of the molecule is C[C@@H]1C(=O)N(C)c2cnc(Cl)nc2N1C1CCCCC1. The molecule has 0 spiro atoms. The largest absolute Gasteiger partial charge is 0.340 e. The molecule has 3 rings (SSSR count). The highest BCUT2D eigenvalue weighted by atomic mass is 35.5. The highest BCUT2D eigenvalue weighted by molar-refractivity contribution is 6.28. The molecule has 1 aromatic heterocycles. The van der Waals surface area contributed by atoms with Crippen molar-refractivity contribution >= 4 is 29.0 Å². The number of nitrogens with zero attached hydrogens (tertiary/aromatic N) is 4. The topological polar surface area (TPSA) is 49.3 Å². The molecular formula is C14H19ClN4O. The van der Waals surface area contributed by atoms with Crippen LogP contribution in [-0.4, -0.2) is 35.0 Å². The van der Waals surface area contributed by atoms with E-state index in [4.69, 9.17) is 11.6 Å². The maximum absolute atomic E-state index is 12.4. The molecule has 1 fully saturated rings. The molecule has 6 heteroatoms. The summed E-state index contributed by atoms with van der Waals surface area (Å²) in [7, 11) is 1.77. The van der Waals surface area contributed by atoms with Crippen LogP contribution in [-0.2, 0) is 4.79 Å². The third kappa shape index (κ3) is 2.14. The number of likely N-dealkylation sites (N-methyl/N-ethyl adjacent to an activating group) is 1. The van der Waals surface area contributed by atoms with Crippen molar-refractivity contribution < 1.29 is 4.79 Å². The van der Waals surface area contributed by atoms with Gasteiger partial charge in [0.1, 0.15) is 11.7 Å². The number of anilines is 2. The third-order valence-electron chi connectivity index (χ3n) is 4.40. The Bertz CT molecular complexity index is 530. The Balaban J connectivity index is 2.05. The first-order valence-corrected chi connectivity index (χ1v) is 7.56. The highest BCUT2D eigenvalue weighted by Crippen LogP contribution is 2.38. The summed E-state index contributed by atoms with van der Waals surface area (Å²) in [6.45, 7) is 1.95. The summed E-state index contributed by atoms with van der Waals surface area (Å²) in [5, 5.41) is 0.236. The number of hydrogen-bond acceptors (Lipinski definition) is 4. The van der Waals surface area contributed by atoms with Crippen molar-refractivity contribution in [3.8, 4) is 0 Å². The fraction of sp³-hybridized carbons (Fsp3) is 0.643. The van der Waals surface area contributed by atoms with Gasteiger partial charge in [0.25, 0.3) is 0 Å². The highest BCUT2D eigenvalue weighted by Gasteiger charge is 2.39. The molecule has 1 aliphatic heterocycles. The van der Waals surface area contributed by atoms with Gasteiger partial charge >= 0.3 is 0 Å². The van der Waals surface area contributed by atoms with Crippen LogP contribution in [0.15, 0.2) is 6.20 Å². The minimum Gasteiger partial charge on any atom is -0.340 e. The second-order valence-electron chi connectivity index (χ2n) is 5.62. The predicted octanol–water partition coefficient (Wildman–Crippen LogP) is 2.63. The van der Waals surface area contributed by atoms with Gasteiger partial charge in [0.2, 0.25) is 11.2 Å². The zero-order valence-corrected chi connectivity index (χ0v) is 12.6. The molecule has 0 aromatic carbocycles. The first-order chi connectivity index (χ1) is 9.59. The molecule has 1 aromatic rings. The van der Waals surface area contributed by atoms with E-state index in [1.165, 1.54) is 19.3 Å². The molecule has 0 saturated heterocycles. The molecule has 0 N–H and O–H groups in total. The van der Waals surface area contributed by atoms with E-state index < -0.39 is 0 Å². The Hall–Kier alpha value is -1.36. The van der Waals surface area contributed by atoms with Crippen molar-refractivity contribution in [2.75, 3.05) is 16.8 Å². The summed E-state index contributed by atoms with van der Waals surface area (Å²) in [5.74, 6) is 0.889. The van der Waals surface area contributed by atoms with Gasteiger partial charge in [-0.3, -0.25) is 4.79 Å². The van der Waals surface area contributed by atoms with Crippen molar-refractivity contribution in [2.45, 2.75) is 51.1 Å². The van der Waals surface area contributed by atoms with E-state index in [-0.39, 0.29) is 17.2 Å². The molecule has 1 atom stereocenters. The van der Waals surface area contributed by atoms with E-state index in [0.29, 0.717) is 6.04 Å². The average Bonchev–Trinajstić information content (AvgIpc) is 2.46. The van der Waals surface area contributed by atoms with Crippen molar-refractivity contribution in [2.24, 2.45) is 0 Å². The summed E-state index contributed by atoms with van der Waals surface area (Å²) in [5.41, 5.74) is 0.753. The summed E-state index contributed by atoms with van der Waals surface area (Å²) in [6.07, 6.45) is 7.58. The number of rotatable bonds is 1. The van der Waals surface area contributed by atoms with Crippen LogP contribution in [0.5, 0.6) is 0 Å². The van der Waals surface area contributed by atoms with Crippen LogP contribution in [0.4, 0.5) is 11.5 Å². The lowest BCUT2D eigenvalue weighted by Gasteiger charge is -2.44. The van der Waals surface area contributed by atoms with E-state index in [0.717, 1.165) is 24.3 Å². The van der Waals surface area contributed by atoms with Gasteiger partial charge in [-0.1, -0.05) is 19.3 Å². The molecule has 2 heterocycles. The minimum absolute atomic E-state index is 0.0917. The summed E-state index contributed by atoms with van der Waals surface area (Å²) >= 11 is 5.96. The van der Waals surface area contributed by atoms with E-state index in [1.807, 2.05) is 6.92 Å². The predicted molar refractivity (Wildman–Crippen MR) is 79.3 cm³/mol. The van der Waals surface area contributed by atoms with Crippen molar-refractivity contribution in [1.82, 2.24) is 9.97 Å². The van der Waals surface area contributed by atoms with Gasteiger partial charge in [-0.2, -0.15) is 4.98 Å². The number of carbonyl (C=O) groups is 1. The van der Waals surface area contributed by atoms with Crippen LogP contribution in [0.1, 0.15) is 39.0 Å². The first kappa shape index (κ1) is 13.6. The molecule has 20 heavy (non-hydrogen) atoms. The Labute approximate surface area is 123 Å². The minimum atomic E-state index is -0.193. The van der Waals surface area contributed by atoms with Gasteiger partial charge in [-0.25, -0.2) is 4.98 Å². The van der Waals surface area contributed by atoms with E-state index in [1.54, 1.807) is 18.1 Å². The quantitative estimate of drug-likeness (QED) is 0.747. The number of hydrogen-bond donors (Lipinski definition) is 0. The Morgan fingerprint density at radius 3 is 2.70 bits per heavy atom. The number of fused-ring (bicyclic) bond motifs is 1. The molecule has 1 amide bonds.